The van der Waals surface area contributed by atoms with Gasteiger partial charge in [-0.15, -0.1) is 11.3 Å². The standard InChI is InChI=1S/C26H26F2N2O3S/c1-33-15-4-13-29(26(32)20-5-2-3-6-22(20)28)17-24(31)30-14-11-23-21(12-16-34-23)25(30)18-7-9-19(27)10-8-18/h2-3,5-10,12,16,25H,4,11,13-15,17H2,1H3. The van der Waals surface area contributed by atoms with Gasteiger partial charge in [-0.3, -0.25) is 9.59 Å². The van der Waals surface area contributed by atoms with Crippen LogP contribution in [0.2, 0.25) is 0 Å². The number of amides is 2. The van der Waals surface area contributed by atoms with Gasteiger partial charge < -0.3 is 14.5 Å². The van der Waals surface area contributed by atoms with Gasteiger partial charge in [0.05, 0.1) is 11.6 Å². The van der Waals surface area contributed by atoms with E-state index in [4.69, 9.17) is 4.74 Å². The number of carbonyl (C=O) groups is 2. The van der Waals surface area contributed by atoms with E-state index in [1.54, 1.807) is 41.5 Å². The number of hydrogen-bond acceptors (Lipinski definition) is 4. The van der Waals surface area contributed by atoms with Gasteiger partial charge in [0, 0.05) is 31.7 Å². The Morgan fingerprint density at radius 1 is 1.12 bits per heavy atom. The maximum absolute atomic E-state index is 14.3. The van der Waals surface area contributed by atoms with Gasteiger partial charge in [0.1, 0.15) is 18.2 Å². The average molecular weight is 485 g/mol. The number of ether oxygens (including phenoxy) is 1. The van der Waals surface area contributed by atoms with Gasteiger partial charge in [0.25, 0.3) is 5.91 Å². The van der Waals surface area contributed by atoms with Crippen LogP contribution in [0.15, 0.2) is 60.0 Å². The van der Waals surface area contributed by atoms with Crippen molar-refractivity contribution in [1.82, 2.24) is 9.80 Å². The van der Waals surface area contributed by atoms with Crippen LogP contribution in [0.1, 0.15) is 38.8 Å². The highest BCUT2D eigenvalue weighted by molar-refractivity contribution is 7.10. The normalized spacial score (nSPS) is 15.1. The molecule has 2 amide bonds. The maximum Gasteiger partial charge on any atom is 0.257 e. The van der Waals surface area contributed by atoms with Crippen LogP contribution in [-0.4, -0.2) is 55.0 Å². The van der Waals surface area contributed by atoms with Gasteiger partial charge in [-0.05, 0) is 59.7 Å². The highest BCUT2D eigenvalue weighted by Crippen LogP contribution is 2.38. The molecule has 8 heteroatoms. The Morgan fingerprint density at radius 3 is 2.62 bits per heavy atom. The van der Waals surface area contributed by atoms with E-state index >= 15 is 0 Å². The van der Waals surface area contributed by atoms with Crippen molar-refractivity contribution in [1.29, 1.82) is 0 Å². The van der Waals surface area contributed by atoms with E-state index in [9.17, 15) is 18.4 Å². The SMILES string of the molecule is COCCCN(CC(=O)N1CCc2sccc2C1c1ccc(F)cc1)C(=O)c1ccccc1F. The lowest BCUT2D eigenvalue weighted by Gasteiger charge is -2.37. The highest BCUT2D eigenvalue weighted by Gasteiger charge is 2.34. The van der Waals surface area contributed by atoms with Crippen LogP contribution in [0.5, 0.6) is 0 Å². The molecule has 3 aromatic rings. The van der Waals surface area contributed by atoms with Gasteiger partial charge >= 0.3 is 0 Å². The lowest BCUT2D eigenvalue weighted by atomic mass is 9.93. The van der Waals surface area contributed by atoms with Crippen molar-refractivity contribution in [2.75, 3.05) is 33.4 Å². The predicted octanol–water partition coefficient (Wildman–Crippen LogP) is 4.68. The smallest absolute Gasteiger partial charge is 0.257 e. The molecule has 1 unspecified atom stereocenters. The first-order chi connectivity index (χ1) is 16.5. The largest absolute Gasteiger partial charge is 0.385 e. The minimum absolute atomic E-state index is 0.0680. The molecule has 0 N–H and O–H groups in total. The lowest BCUT2D eigenvalue weighted by molar-refractivity contribution is -0.134. The first kappa shape index (κ1) is 24.0. The van der Waals surface area contributed by atoms with Gasteiger partial charge in [-0.2, -0.15) is 0 Å². The van der Waals surface area contributed by atoms with Crippen LogP contribution in [0, 0.1) is 11.6 Å². The maximum atomic E-state index is 14.3. The molecule has 34 heavy (non-hydrogen) atoms. The second-order valence-electron chi connectivity index (χ2n) is 8.14. The third-order valence-corrected chi connectivity index (χ3v) is 6.96. The summed E-state index contributed by atoms with van der Waals surface area (Å²) >= 11 is 1.64. The van der Waals surface area contributed by atoms with E-state index in [-0.39, 0.29) is 36.4 Å². The zero-order valence-corrected chi connectivity index (χ0v) is 19.7. The molecule has 0 spiro atoms. The average Bonchev–Trinajstić information content (AvgIpc) is 3.32. The zero-order valence-electron chi connectivity index (χ0n) is 18.9. The van der Waals surface area contributed by atoms with Crippen LogP contribution < -0.4 is 0 Å². The second kappa shape index (κ2) is 10.9. The Bertz CT molecular complexity index is 1150. The summed E-state index contributed by atoms with van der Waals surface area (Å²) in [7, 11) is 1.56. The Kier molecular flexibility index (Phi) is 7.70. The van der Waals surface area contributed by atoms with E-state index in [2.05, 4.69) is 0 Å². The van der Waals surface area contributed by atoms with Gasteiger partial charge in [-0.25, -0.2) is 8.78 Å². The number of carbonyl (C=O) groups excluding carboxylic acids is 2. The number of benzene rings is 2. The van der Waals surface area contributed by atoms with Crippen molar-refractivity contribution in [3.8, 4) is 0 Å². The Hall–Kier alpha value is -3.10. The number of rotatable bonds is 8. The monoisotopic (exact) mass is 484 g/mol. The van der Waals surface area contributed by atoms with Crippen molar-refractivity contribution in [3.63, 3.8) is 0 Å². The lowest BCUT2D eigenvalue weighted by Crippen LogP contribution is -2.47. The number of halogens is 2. The van der Waals surface area contributed by atoms with Crippen molar-refractivity contribution in [2.45, 2.75) is 18.9 Å². The van der Waals surface area contributed by atoms with E-state index in [1.165, 1.54) is 40.1 Å². The summed E-state index contributed by atoms with van der Waals surface area (Å²) in [5.41, 5.74) is 1.75. The summed E-state index contributed by atoms with van der Waals surface area (Å²) in [6, 6.07) is 13.5. The van der Waals surface area contributed by atoms with Gasteiger partial charge in [-0.1, -0.05) is 24.3 Å². The molecule has 1 aromatic heterocycles. The molecule has 2 heterocycles. The molecule has 0 fully saturated rings. The predicted molar refractivity (Wildman–Crippen MR) is 127 cm³/mol. The van der Waals surface area contributed by atoms with Crippen LogP contribution >= 0.6 is 11.3 Å². The van der Waals surface area contributed by atoms with Crippen LogP contribution in [0.3, 0.4) is 0 Å². The molecule has 1 aliphatic heterocycles. The molecule has 2 aromatic carbocycles. The molecule has 0 aliphatic carbocycles. The number of hydrogen-bond donors (Lipinski definition) is 0. The first-order valence-corrected chi connectivity index (χ1v) is 12.0. The molecule has 0 bridgehead atoms. The van der Waals surface area contributed by atoms with Crippen LogP contribution in [0.4, 0.5) is 8.78 Å². The fourth-order valence-electron chi connectivity index (χ4n) is 4.30. The molecule has 0 saturated heterocycles. The van der Waals surface area contributed by atoms with Crippen molar-refractivity contribution < 1.29 is 23.1 Å². The molecule has 4 rings (SSSR count). The topological polar surface area (TPSA) is 49.9 Å². The summed E-state index contributed by atoms with van der Waals surface area (Å²) < 4.78 is 33.0. The highest BCUT2D eigenvalue weighted by atomic mass is 32.1. The van der Waals surface area contributed by atoms with E-state index in [0.717, 1.165) is 11.1 Å². The van der Waals surface area contributed by atoms with Gasteiger partial charge in [0.15, 0.2) is 0 Å². The molecule has 1 atom stereocenters. The molecule has 5 nitrogen and oxygen atoms in total. The summed E-state index contributed by atoms with van der Waals surface area (Å²) in [6.07, 6.45) is 1.22. The number of nitrogens with zero attached hydrogens (tertiary/aromatic N) is 2. The summed E-state index contributed by atoms with van der Waals surface area (Å²) in [5.74, 6) is -1.74. The van der Waals surface area contributed by atoms with Crippen molar-refractivity contribution in [3.05, 3.63) is 93.2 Å². The number of thiophene rings is 1. The number of methoxy groups -OCH3 is 1. The fourth-order valence-corrected chi connectivity index (χ4v) is 5.20. The molecular weight excluding hydrogens is 458 g/mol. The first-order valence-electron chi connectivity index (χ1n) is 11.1. The minimum atomic E-state index is -0.623. The second-order valence-corrected chi connectivity index (χ2v) is 9.14. The summed E-state index contributed by atoms with van der Waals surface area (Å²) in [6.45, 7) is 0.961. The molecule has 178 valence electrons. The molecule has 0 radical (unpaired) electrons. The Balaban J connectivity index is 1.61. The quantitative estimate of drug-likeness (QED) is 0.437. The summed E-state index contributed by atoms with van der Waals surface area (Å²) in [5, 5.41) is 1.99. The van der Waals surface area contributed by atoms with Crippen molar-refractivity contribution in [2.24, 2.45) is 0 Å². The van der Waals surface area contributed by atoms with E-state index < -0.39 is 11.7 Å². The van der Waals surface area contributed by atoms with Crippen LogP contribution in [0.25, 0.3) is 0 Å². The third kappa shape index (κ3) is 5.18. The minimum Gasteiger partial charge on any atom is -0.385 e. The number of fused-ring (bicyclic) bond motifs is 1. The van der Waals surface area contributed by atoms with Gasteiger partial charge in [0.2, 0.25) is 5.91 Å². The van der Waals surface area contributed by atoms with Crippen LogP contribution in [-0.2, 0) is 16.0 Å². The molecule has 0 saturated carbocycles. The molecular formula is C26H26F2N2O3S. The van der Waals surface area contributed by atoms with E-state index in [1.807, 2.05) is 11.4 Å². The van der Waals surface area contributed by atoms with E-state index in [0.29, 0.717) is 26.0 Å². The fraction of sp³-hybridized carbons (Fsp3) is 0.308. The Morgan fingerprint density at radius 2 is 1.88 bits per heavy atom. The molecule has 1 aliphatic rings. The van der Waals surface area contributed by atoms with Crippen molar-refractivity contribution >= 4 is 23.2 Å². The Labute approximate surface area is 201 Å². The third-order valence-electron chi connectivity index (χ3n) is 5.97. The summed E-state index contributed by atoms with van der Waals surface area (Å²) in [4.78, 5) is 31.0. The zero-order chi connectivity index (χ0) is 24.1.